The minimum absolute atomic E-state index is 0.0715. The van der Waals surface area contributed by atoms with E-state index in [0.717, 1.165) is 28.1 Å². The quantitative estimate of drug-likeness (QED) is 0.495. The first-order valence-electron chi connectivity index (χ1n) is 11.9. The second kappa shape index (κ2) is 11.3. The van der Waals surface area contributed by atoms with Crippen LogP contribution in [0.5, 0.6) is 0 Å². The summed E-state index contributed by atoms with van der Waals surface area (Å²) in [6, 6.07) is 17.6. The number of nitrogens with zero attached hydrogens (tertiary/aromatic N) is 3. The van der Waals surface area contributed by atoms with Gasteiger partial charge in [-0.25, -0.2) is 4.68 Å². The predicted molar refractivity (Wildman–Crippen MR) is 139 cm³/mol. The summed E-state index contributed by atoms with van der Waals surface area (Å²) >= 11 is 0. The Bertz CT molecular complexity index is 1160. The Morgan fingerprint density at radius 3 is 2.40 bits per heavy atom. The summed E-state index contributed by atoms with van der Waals surface area (Å²) in [6.45, 7) is 10.9. The predicted octanol–water partition coefficient (Wildman–Crippen LogP) is 4.44. The molecule has 7 nitrogen and oxygen atoms in total. The van der Waals surface area contributed by atoms with Gasteiger partial charge in [0.15, 0.2) is 0 Å². The van der Waals surface area contributed by atoms with Crippen molar-refractivity contribution in [2.75, 3.05) is 32.1 Å². The molecule has 0 spiro atoms. The molecule has 0 bridgehead atoms. The van der Waals surface area contributed by atoms with Gasteiger partial charge < -0.3 is 15.0 Å². The number of aryl methyl sites for hydroxylation is 2. The standard InChI is InChI=1S/C28H36N4O3/c1-20-12-13-23(21(2)16-20)32-25(18-24(30-32)28(3,4)5)29-26(33)19-31(14-15-35-6)27(34)17-22-10-8-7-9-11-22/h7-13,16,18H,14-15,17,19H2,1-6H3,(H,29,33). The van der Waals surface area contributed by atoms with E-state index in [-0.39, 0.29) is 30.2 Å². The van der Waals surface area contributed by atoms with Gasteiger partial charge in [-0.2, -0.15) is 5.10 Å². The molecule has 0 atom stereocenters. The Morgan fingerprint density at radius 1 is 1.06 bits per heavy atom. The average Bonchev–Trinajstić information content (AvgIpc) is 3.21. The van der Waals surface area contributed by atoms with Crippen LogP contribution in [0.25, 0.3) is 5.69 Å². The third-order valence-electron chi connectivity index (χ3n) is 5.78. The molecule has 2 aromatic carbocycles. The smallest absolute Gasteiger partial charge is 0.245 e. The molecular formula is C28H36N4O3. The molecule has 1 aromatic heterocycles. The van der Waals surface area contributed by atoms with Gasteiger partial charge in [0, 0.05) is 25.1 Å². The van der Waals surface area contributed by atoms with Gasteiger partial charge in [-0.1, -0.05) is 68.8 Å². The molecule has 1 heterocycles. The molecule has 3 rings (SSSR count). The number of ether oxygens (including phenoxy) is 1. The van der Waals surface area contributed by atoms with Crippen LogP contribution in [-0.2, 0) is 26.2 Å². The number of nitrogens with one attached hydrogen (secondary N) is 1. The number of amides is 2. The highest BCUT2D eigenvalue weighted by Gasteiger charge is 2.23. The summed E-state index contributed by atoms with van der Waals surface area (Å²) in [6.07, 6.45) is 0.229. The molecule has 0 aliphatic heterocycles. The molecule has 0 aliphatic rings. The highest BCUT2D eigenvalue weighted by molar-refractivity contribution is 5.94. The van der Waals surface area contributed by atoms with Crippen molar-refractivity contribution in [2.45, 2.75) is 46.5 Å². The molecule has 0 unspecified atom stereocenters. The summed E-state index contributed by atoms with van der Waals surface area (Å²) in [4.78, 5) is 27.7. The fraction of sp³-hybridized carbons (Fsp3) is 0.393. The van der Waals surface area contributed by atoms with Crippen LogP contribution in [0.2, 0.25) is 0 Å². The van der Waals surface area contributed by atoms with E-state index in [1.807, 2.05) is 62.4 Å². The van der Waals surface area contributed by atoms with Gasteiger partial charge in [-0.3, -0.25) is 9.59 Å². The monoisotopic (exact) mass is 476 g/mol. The molecule has 35 heavy (non-hydrogen) atoms. The van der Waals surface area contributed by atoms with E-state index in [1.165, 1.54) is 4.90 Å². The van der Waals surface area contributed by atoms with E-state index in [1.54, 1.807) is 11.8 Å². The largest absolute Gasteiger partial charge is 0.383 e. The second-order valence-electron chi connectivity index (χ2n) is 9.89. The van der Waals surface area contributed by atoms with Crippen molar-refractivity contribution in [3.63, 3.8) is 0 Å². The van der Waals surface area contributed by atoms with Gasteiger partial charge >= 0.3 is 0 Å². The number of methoxy groups -OCH3 is 1. The maximum atomic E-state index is 13.1. The van der Waals surface area contributed by atoms with Crippen molar-refractivity contribution in [2.24, 2.45) is 0 Å². The molecule has 0 radical (unpaired) electrons. The Labute approximate surface area is 208 Å². The molecule has 2 amide bonds. The zero-order valence-electron chi connectivity index (χ0n) is 21.6. The summed E-state index contributed by atoms with van der Waals surface area (Å²) in [5.74, 6) is 0.171. The maximum Gasteiger partial charge on any atom is 0.245 e. The maximum absolute atomic E-state index is 13.1. The molecule has 7 heteroatoms. The number of anilines is 1. The van der Waals surface area contributed by atoms with E-state index in [0.29, 0.717) is 19.0 Å². The lowest BCUT2D eigenvalue weighted by Crippen LogP contribution is -2.41. The van der Waals surface area contributed by atoms with Crippen LogP contribution < -0.4 is 5.32 Å². The summed E-state index contributed by atoms with van der Waals surface area (Å²) < 4.78 is 6.95. The topological polar surface area (TPSA) is 76.5 Å². The minimum atomic E-state index is -0.283. The molecule has 0 fully saturated rings. The highest BCUT2D eigenvalue weighted by Crippen LogP contribution is 2.27. The summed E-state index contributed by atoms with van der Waals surface area (Å²) in [5.41, 5.74) is 4.69. The lowest BCUT2D eigenvalue weighted by atomic mass is 9.92. The molecule has 186 valence electrons. The number of rotatable bonds is 9. The van der Waals surface area contributed by atoms with Gasteiger partial charge in [0.25, 0.3) is 0 Å². The van der Waals surface area contributed by atoms with Gasteiger partial charge in [-0.15, -0.1) is 0 Å². The first kappa shape index (κ1) is 26.2. The third-order valence-corrected chi connectivity index (χ3v) is 5.78. The fourth-order valence-electron chi connectivity index (χ4n) is 3.79. The zero-order valence-corrected chi connectivity index (χ0v) is 21.6. The van der Waals surface area contributed by atoms with E-state index in [4.69, 9.17) is 9.84 Å². The molecular weight excluding hydrogens is 440 g/mol. The second-order valence-corrected chi connectivity index (χ2v) is 9.89. The number of hydrogen-bond donors (Lipinski definition) is 1. The molecule has 3 aromatic rings. The van der Waals surface area contributed by atoms with Crippen molar-refractivity contribution < 1.29 is 14.3 Å². The van der Waals surface area contributed by atoms with Crippen molar-refractivity contribution in [1.82, 2.24) is 14.7 Å². The lowest BCUT2D eigenvalue weighted by Gasteiger charge is -2.22. The number of carbonyl (C=O) groups excluding carboxylic acids is 2. The van der Waals surface area contributed by atoms with Crippen molar-refractivity contribution in [3.05, 3.63) is 77.0 Å². The van der Waals surface area contributed by atoms with Crippen molar-refractivity contribution >= 4 is 17.6 Å². The Hall–Kier alpha value is -3.45. The number of carbonyl (C=O) groups is 2. The number of aromatic nitrogens is 2. The van der Waals surface area contributed by atoms with Crippen LogP contribution in [0.15, 0.2) is 54.6 Å². The van der Waals surface area contributed by atoms with Crippen LogP contribution >= 0.6 is 0 Å². The molecule has 0 saturated carbocycles. The van der Waals surface area contributed by atoms with Crippen LogP contribution in [0.1, 0.15) is 43.2 Å². The van der Waals surface area contributed by atoms with Gasteiger partial charge in [0.1, 0.15) is 5.82 Å². The van der Waals surface area contributed by atoms with E-state index in [2.05, 4.69) is 32.2 Å². The summed E-state index contributed by atoms with van der Waals surface area (Å²) in [5, 5.41) is 7.81. The molecule has 0 saturated heterocycles. The van der Waals surface area contributed by atoms with Crippen molar-refractivity contribution in [3.8, 4) is 5.69 Å². The Balaban J connectivity index is 1.83. The van der Waals surface area contributed by atoms with Crippen LogP contribution in [-0.4, -0.2) is 53.3 Å². The van der Waals surface area contributed by atoms with E-state index >= 15 is 0 Å². The number of benzene rings is 2. The lowest BCUT2D eigenvalue weighted by molar-refractivity contribution is -0.134. The Morgan fingerprint density at radius 2 is 1.77 bits per heavy atom. The normalized spacial score (nSPS) is 11.4. The zero-order chi connectivity index (χ0) is 25.6. The van der Waals surface area contributed by atoms with Crippen LogP contribution in [0, 0.1) is 13.8 Å². The third kappa shape index (κ3) is 7.02. The van der Waals surface area contributed by atoms with Crippen molar-refractivity contribution in [1.29, 1.82) is 0 Å². The fourth-order valence-corrected chi connectivity index (χ4v) is 3.79. The number of hydrogen-bond acceptors (Lipinski definition) is 4. The average molecular weight is 477 g/mol. The van der Waals surface area contributed by atoms with Gasteiger partial charge in [-0.05, 0) is 31.0 Å². The van der Waals surface area contributed by atoms with Crippen LogP contribution in [0.4, 0.5) is 5.82 Å². The Kier molecular flexibility index (Phi) is 8.46. The van der Waals surface area contributed by atoms with Gasteiger partial charge in [0.05, 0.1) is 31.0 Å². The molecule has 0 aliphatic carbocycles. The summed E-state index contributed by atoms with van der Waals surface area (Å²) in [7, 11) is 1.58. The highest BCUT2D eigenvalue weighted by atomic mass is 16.5. The molecule has 1 N–H and O–H groups in total. The SMILES string of the molecule is COCCN(CC(=O)Nc1cc(C(C)(C)C)nn1-c1ccc(C)cc1C)C(=O)Cc1ccccc1. The minimum Gasteiger partial charge on any atom is -0.383 e. The van der Waals surface area contributed by atoms with E-state index < -0.39 is 0 Å². The van der Waals surface area contributed by atoms with E-state index in [9.17, 15) is 9.59 Å². The van der Waals surface area contributed by atoms with Gasteiger partial charge in [0.2, 0.25) is 11.8 Å². The van der Waals surface area contributed by atoms with Crippen LogP contribution in [0.3, 0.4) is 0 Å². The first-order chi connectivity index (χ1) is 16.6. The first-order valence-corrected chi connectivity index (χ1v) is 11.9.